The average Bonchev–Trinajstić information content (AvgIpc) is 2.43. The minimum atomic E-state index is 0.743. The first-order valence-electron chi connectivity index (χ1n) is 8.11. The fraction of sp³-hybridized carbons (Fsp3) is 0.722. The van der Waals surface area contributed by atoms with Crippen LogP contribution in [-0.2, 0) is 4.79 Å². The van der Waals surface area contributed by atoms with Crippen molar-refractivity contribution >= 4 is 6.29 Å². The summed E-state index contributed by atoms with van der Waals surface area (Å²) < 4.78 is 0. The van der Waals surface area contributed by atoms with Gasteiger partial charge < -0.3 is 4.79 Å². The molecule has 0 N–H and O–H groups in total. The standard InChI is InChI=1S/C18H32O/c1-2-3-4-5-6-7-8-9-10-11-12-13-14-15-16-17-18-19/h2,9-10,18H,1,3-8,11-17H2. The van der Waals surface area contributed by atoms with Crippen molar-refractivity contribution < 1.29 is 4.79 Å². The summed E-state index contributed by atoms with van der Waals surface area (Å²) in [4.78, 5) is 10.1. The molecule has 0 spiro atoms. The van der Waals surface area contributed by atoms with E-state index in [1.165, 1.54) is 70.6 Å². The second-order valence-electron chi connectivity index (χ2n) is 5.26. The Balaban J connectivity index is 3.04. The Morgan fingerprint density at radius 1 is 0.579 bits per heavy atom. The van der Waals surface area contributed by atoms with Crippen LogP contribution in [0.1, 0.15) is 83.5 Å². The summed E-state index contributed by atoms with van der Waals surface area (Å²) in [6, 6.07) is 0. The van der Waals surface area contributed by atoms with E-state index in [1.807, 2.05) is 6.08 Å². The Labute approximate surface area is 120 Å². The highest BCUT2D eigenvalue weighted by Gasteiger charge is 1.90. The molecule has 0 fully saturated rings. The van der Waals surface area contributed by atoms with Gasteiger partial charge in [-0.05, 0) is 44.9 Å². The van der Waals surface area contributed by atoms with Crippen molar-refractivity contribution in [1.29, 1.82) is 0 Å². The number of hydrogen-bond acceptors (Lipinski definition) is 1. The maximum atomic E-state index is 10.1. The minimum absolute atomic E-state index is 0.743. The third-order valence-electron chi connectivity index (χ3n) is 3.39. The van der Waals surface area contributed by atoms with Gasteiger partial charge in [0.1, 0.15) is 6.29 Å². The number of carbonyl (C=O) groups excluding carboxylic acids is 1. The molecule has 0 bridgehead atoms. The topological polar surface area (TPSA) is 17.1 Å². The van der Waals surface area contributed by atoms with E-state index < -0.39 is 0 Å². The van der Waals surface area contributed by atoms with E-state index in [0.29, 0.717) is 0 Å². The molecule has 0 aliphatic carbocycles. The zero-order valence-corrected chi connectivity index (χ0v) is 12.6. The fourth-order valence-electron chi connectivity index (χ4n) is 2.16. The molecule has 0 radical (unpaired) electrons. The van der Waals surface area contributed by atoms with E-state index in [4.69, 9.17) is 0 Å². The van der Waals surface area contributed by atoms with E-state index in [1.54, 1.807) is 0 Å². The number of allylic oxidation sites excluding steroid dienone is 3. The molecule has 1 nitrogen and oxygen atoms in total. The summed E-state index contributed by atoms with van der Waals surface area (Å²) in [5.74, 6) is 0. The molecular formula is C18H32O. The van der Waals surface area contributed by atoms with Crippen LogP contribution in [0.3, 0.4) is 0 Å². The normalized spacial score (nSPS) is 10.9. The smallest absolute Gasteiger partial charge is 0.119 e. The van der Waals surface area contributed by atoms with Crippen molar-refractivity contribution in [2.24, 2.45) is 0 Å². The van der Waals surface area contributed by atoms with Crippen LogP contribution in [0, 0.1) is 0 Å². The van der Waals surface area contributed by atoms with Gasteiger partial charge in [0.2, 0.25) is 0 Å². The highest BCUT2D eigenvalue weighted by Crippen LogP contribution is 2.09. The molecule has 0 atom stereocenters. The Hall–Kier alpha value is -0.850. The maximum Gasteiger partial charge on any atom is 0.119 e. The van der Waals surface area contributed by atoms with E-state index in [2.05, 4.69) is 18.7 Å². The summed E-state index contributed by atoms with van der Waals surface area (Å²) in [7, 11) is 0. The average molecular weight is 264 g/mol. The van der Waals surface area contributed by atoms with Gasteiger partial charge in [-0.25, -0.2) is 0 Å². The van der Waals surface area contributed by atoms with Crippen molar-refractivity contribution in [3.8, 4) is 0 Å². The van der Waals surface area contributed by atoms with Crippen LogP contribution in [0.25, 0.3) is 0 Å². The molecule has 1 heteroatoms. The van der Waals surface area contributed by atoms with Gasteiger partial charge in [-0.15, -0.1) is 6.58 Å². The van der Waals surface area contributed by atoms with Crippen LogP contribution in [0.15, 0.2) is 24.8 Å². The molecular weight excluding hydrogens is 232 g/mol. The van der Waals surface area contributed by atoms with Crippen LogP contribution in [0.2, 0.25) is 0 Å². The van der Waals surface area contributed by atoms with Crippen molar-refractivity contribution in [2.45, 2.75) is 83.5 Å². The highest BCUT2D eigenvalue weighted by atomic mass is 16.1. The van der Waals surface area contributed by atoms with E-state index in [-0.39, 0.29) is 0 Å². The Morgan fingerprint density at radius 2 is 1.00 bits per heavy atom. The summed E-state index contributed by atoms with van der Waals surface area (Å²) in [5.41, 5.74) is 0. The lowest BCUT2D eigenvalue weighted by molar-refractivity contribution is -0.107. The van der Waals surface area contributed by atoms with Crippen molar-refractivity contribution in [3.63, 3.8) is 0 Å². The summed E-state index contributed by atoms with van der Waals surface area (Å²) >= 11 is 0. The zero-order chi connectivity index (χ0) is 14.0. The lowest BCUT2D eigenvalue weighted by Crippen LogP contribution is -1.80. The van der Waals surface area contributed by atoms with Gasteiger partial charge in [-0.3, -0.25) is 0 Å². The van der Waals surface area contributed by atoms with Gasteiger partial charge in [0, 0.05) is 6.42 Å². The van der Waals surface area contributed by atoms with Gasteiger partial charge in [0.15, 0.2) is 0 Å². The number of hydrogen-bond donors (Lipinski definition) is 0. The van der Waals surface area contributed by atoms with Gasteiger partial charge >= 0.3 is 0 Å². The van der Waals surface area contributed by atoms with Crippen LogP contribution in [0.4, 0.5) is 0 Å². The molecule has 0 unspecified atom stereocenters. The third kappa shape index (κ3) is 17.1. The van der Waals surface area contributed by atoms with Crippen LogP contribution < -0.4 is 0 Å². The van der Waals surface area contributed by atoms with E-state index in [0.717, 1.165) is 19.1 Å². The highest BCUT2D eigenvalue weighted by molar-refractivity contribution is 5.48. The van der Waals surface area contributed by atoms with Crippen molar-refractivity contribution in [3.05, 3.63) is 24.8 Å². The fourth-order valence-corrected chi connectivity index (χ4v) is 2.16. The molecule has 0 aromatic rings. The largest absolute Gasteiger partial charge is 0.303 e. The second-order valence-corrected chi connectivity index (χ2v) is 5.26. The van der Waals surface area contributed by atoms with Crippen molar-refractivity contribution in [1.82, 2.24) is 0 Å². The molecule has 0 aromatic heterocycles. The van der Waals surface area contributed by atoms with Gasteiger partial charge in [-0.2, -0.15) is 0 Å². The monoisotopic (exact) mass is 264 g/mol. The first-order chi connectivity index (χ1) is 9.41. The molecule has 0 aromatic carbocycles. The first-order valence-corrected chi connectivity index (χ1v) is 8.11. The number of unbranched alkanes of at least 4 members (excludes halogenated alkanes) is 11. The molecule has 19 heavy (non-hydrogen) atoms. The Morgan fingerprint density at radius 3 is 1.47 bits per heavy atom. The van der Waals surface area contributed by atoms with E-state index >= 15 is 0 Å². The second kappa shape index (κ2) is 17.2. The number of rotatable bonds is 15. The lowest BCUT2D eigenvalue weighted by Gasteiger charge is -1.98. The van der Waals surface area contributed by atoms with Gasteiger partial charge in [-0.1, -0.05) is 50.3 Å². The molecule has 110 valence electrons. The number of carbonyl (C=O) groups is 1. The molecule has 0 heterocycles. The van der Waals surface area contributed by atoms with Crippen LogP contribution in [-0.4, -0.2) is 6.29 Å². The first kappa shape index (κ1) is 18.1. The van der Waals surface area contributed by atoms with Crippen LogP contribution in [0.5, 0.6) is 0 Å². The minimum Gasteiger partial charge on any atom is -0.303 e. The molecule has 0 aliphatic rings. The molecule has 0 saturated heterocycles. The summed E-state index contributed by atoms with van der Waals surface area (Å²) in [5, 5.41) is 0. The maximum absolute atomic E-state index is 10.1. The molecule has 0 amide bonds. The predicted molar refractivity (Wildman–Crippen MR) is 85.4 cm³/mol. The molecule has 0 rings (SSSR count). The summed E-state index contributed by atoms with van der Waals surface area (Å²) in [6.07, 6.45) is 23.6. The molecule has 0 saturated carbocycles. The SMILES string of the molecule is C=CCCCCCCC=CCCCCCCCC=O. The van der Waals surface area contributed by atoms with E-state index in [9.17, 15) is 4.79 Å². The third-order valence-corrected chi connectivity index (χ3v) is 3.39. The summed E-state index contributed by atoms with van der Waals surface area (Å²) in [6.45, 7) is 3.74. The predicted octanol–water partition coefficient (Wildman–Crippen LogP) is 6.00. The Kier molecular flexibility index (Phi) is 16.4. The Bertz CT molecular complexity index is 218. The molecule has 0 aliphatic heterocycles. The quantitative estimate of drug-likeness (QED) is 0.201. The lowest BCUT2D eigenvalue weighted by atomic mass is 10.1. The zero-order valence-electron chi connectivity index (χ0n) is 12.6. The van der Waals surface area contributed by atoms with Gasteiger partial charge in [0.25, 0.3) is 0 Å². The number of aldehydes is 1. The van der Waals surface area contributed by atoms with Gasteiger partial charge in [0.05, 0.1) is 0 Å². The van der Waals surface area contributed by atoms with Crippen LogP contribution >= 0.6 is 0 Å². The van der Waals surface area contributed by atoms with Crippen molar-refractivity contribution in [2.75, 3.05) is 0 Å².